The van der Waals surface area contributed by atoms with Gasteiger partial charge in [-0.3, -0.25) is 4.79 Å². The van der Waals surface area contributed by atoms with E-state index >= 15 is 0 Å². The van der Waals surface area contributed by atoms with Crippen molar-refractivity contribution in [3.63, 3.8) is 0 Å². The number of phenols is 1. The summed E-state index contributed by atoms with van der Waals surface area (Å²) in [5.41, 5.74) is 1.37. The maximum Gasteiger partial charge on any atom is 0.255 e. The molecule has 2 aromatic carbocycles. The van der Waals surface area contributed by atoms with Crippen LogP contribution >= 0.6 is 11.3 Å². The SMILES string of the molecule is CC(NC(=O)c1cc2ccccc2cc1O)c1ccsc1. The van der Waals surface area contributed by atoms with E-state index in [0.29, 0.717) is 5.56 Å². The monoisotopic (exact) mass is 297 g/mol. The number of nitrogens with one attached hydrogen (secondary N) is 1. The van der Waals surface area contributed by atoms with E-state index in [9.17, 15) is 9.90 Å². The molecule has 1 unspecified atom stereocenters. The van der Waals surface area contributed by atoms with Crippen LogP contribution in [0.1, 0.15) is 28.9 Å². The number of phenolic OH excluding ortho intramolecular Hbond substituents is 1. The fourth-order valence-corrected chi connectivity index (χ4v) is 3.04. The van der Waals surface area contributed by atoms with Crippen molar-refractivity contribution in [3.05, 3.63) is 64.4 Å². The lowest BCUT2D eigenvalue weighted by molar-refractivity contribution is 0.0937. The maximum atomic E-state index is 12.3. The summed E-state index contributed by atoms with van der Waals surface area (Å²) >= 11 is 1.60. The first-order valence-corrected chi connectivity index (χ1v) is 7.64. The molecule has 106 valence electrons. The second kappa shape index (κ2) is 5.58. The van der Waals surface area contributed by atoms with Crippen LogP contribution in [-0.2, 0) is 0 Å². The lowest BCUT2D eigenvalue weighted by Gasteiger charge is -2.14. The minimum Gasteiger partial charge on any atom is -0.507 e. The lowest BCUT2D eigenvalue weighted by atomic mass is 10.0. The number of hydrogen-bond donors (Lipinski definition) is 2. The average Bonchev–Trinajstić information content (AvgIpc) is 3.00. The molecular weight excluding hydrogens is 282 g/mol. The zero-order valence-electron chi connectivity index (χ0n) is 11.5. The quantitative estimate of drug-likeness (QED) is 0.764. The van der Waals surface area contributed by atoms with Crippen molar-refractivity contribution in [2.45, 2.75) is 13.0 Å². The summed E-state index contributed by atoms with van der Waals surface area (Å²) in [6, 6.07) is 12.9. The van der Waals surface area contributed by atoms with Crippen LogP contribution in [0.3, 0.4) is 0 Å². The Bertz CT molecular complexity index is 781. The van der Waals surface area contributed by atoms with Gasteiger partial charge in [0.1, 0.15) is 5.75 Å². The van der Waals surface area contributed by atoms with E-state index in [4.69, 9.17) is 0 Å². The molecule has 1 aromatic heterocycles. The fourth-order valence-electron chi connectivity index (χ4n) is 2.29. The topological polar surface area (TPSA) is 49.3 Å². The van der Waals surface area contributed by atoms with Crippen LogP contribution < -0.4 is 5.32 Å². The molecule has 0 radical (unpaired) electrons. The van der Waals surface area contributed by atoms with Crippen molar-refractivity contribution in [2.75, 3.05) is 0 Å². The Hall–Kier alpha value is -2.33. The maximum absolute atomic E-state index is 12.3. The third-order valence-corrected chi connectivity index (χ3v) is 4.20. The zero-order chi connectivity index (χ0) is 14.8. The van der Waals surface area contributed by atoms with Crippen LogP contribution in [-0.4, -0.2) is 11.0 Å². The number of hydrogen-bond acceptors (Lipinski definition) is 3. The third-order valence-electron chi connectivity index (χ3n) is 3.50. The second-order valence-corrected chi connectivity index (χ2v) is 5.75. The molecule has 3 rings (SSSR count). The number of fused-ring (bicyclic) bond motifs is 1. The lowest BCUT2D eigenvalue weighted by Crippen LogP contribution is -2.26. The molecule has 3 nitrogen and oxygen atoms in total. The van der Waals surface area contributed by atoms with E-state index in [2.05, 4.69) is 5.32 Å². The Labute approximate surface area is 126 Å². The highest BCUT2D eigenvalue weighted by Gasteiger charge is 2.15. The fraction of sp³-hybridized carbons (Fsp3) is 0.118. The van der Waals surface area contributed by atoms with Crippen molar-refractivity contribution >= 4 is 28.0 Å². The van der Waals surface area contributed by atoms with Gasteiger partial charge in [0, 0.05) is 0 Å². The molecule has 1 amide bonds. The van der Waals surface area contributed by atoms with Crippen LogP contribution in [0.4, 0.5) is 0 Å². The van der Waals surface area contributed by atoms with E-state index in [1.54, 1.807) is 23.5 Å². The molecule has 0 aliphatic carbocycles. The second-order valence-electron chi connectivity index (χ2n) is 4.97. The predicted octanol–water partition coefficient (Wildman–Crippen LogP) is 4.10. The van der Waals surface area contributed by atoms with E-state index in [1.807, 2.05) is 48.0 Å². The van der Waals surface area contributed by atoms with Crippen molar-refractivity contribution in [3.8, 4) is 5.75 Å². The molecule has 4 heteroatoms. The van der Waals surface area contributed by atoms with Gasteiger partial charge in [-0.25, -0.2) is 0 Å². The van der Waals surface area contributed by atoms with Crippen LogP contribution in [0.5, 0.6) is 5.75 Å². The molecule has 1 atom stereocenters. The Balaban J connectivity index is 1.89. The molecule has 0 bridgehead atoms. The van der Waals surface area contributed by atoms with Gasteiger partial charge >= 0.3 is 0 Å². The van der Waals surface area contributed by atoms with Crippen molar-refractivity contribution in [1.29, 1.82) is 0 Å². The van der Waals surface area contributed by atoms with Gasteiger partial charge in [-0.15, -0.1) is 0 Å². The summed E-state index contributed by atoms with van der Waals surface area (Å²) in [6.45, 7) is 1.93. The molecule has 0 saturated heterocycles. The highest BCUT2D eigenvalue weighted by Crippen LogP contribution is 2.25. The molecule has 0 spiro atoms. The van der Waals surface area contributed by atoms with E-state index < -0.39 is 0 Å². The Kier molecular flexibility index (Phi) is 3.62. The summed E-state index contributed by atoms with van der Waals surface area (Å²) in [7, 11) is 0. The van der Waals surface area contributed by atoms with E-state index in [1.165, 1.54) is 0 Å². The van der Waals surface area contributed by atoms with Crippen molar-refractivity contribution < 1.29 is 9.90 Å². The average molecular weight is 297 g/mol. The van der Waals surface area contributed by atoms with E-state index in [0.717, 1.165) is 16.3 Å². The number of thiophene rings is 1. The van der Waals surface area contributed by atoms with Crippen LogP contribution in [0.15, 0.2) is 53.2 Å². The van der Waals surface area contributed by atoms with Gasteiger partial charge in [0.05, 0.1) is 11.6 Å². The van der Waals surface area contributed by atoms with Gasteiger partial charge < -0.3 is 10.4 Å². The number of benzene rings is 2. The van der Waals surface area contributed by atoms with Crippen molar-refractivity contribution in [2.24, 2.45) is 0 Å². The van der Waals surface area contributed by atoms with E-state index in [-0.39, 0.29) is 17.7 Å². The molecule has 0 saturated carbocycles. The molecule has 1 heterocycles. The van der Waals surface area contributed by atoms with Gasteiger partial charge in [0.25, 0.3) is 5.91 Å². The summed E-state index contributed by atoms with van der Waals surface area (Å²) in [5.74, 6) is -0.263. The Morgan fingerprint density at radius 3 is 2.57 bits per heavy atom. The Morgan fingerprint density at radius 1 is 1.19 bits per heavy atom. The summed E-state index contributed by atoms with van der Waals surface area (Å²) in [4.78, 5) is 12.3. The molecule has 0 aliphatic rings. The summed E-state index contributed by atoms with van der Waals surface area (Å²) < 4.78 is 0. The molecule has 2 N–H and O–H groups in total. The minimum absolute atomic E-state index is 0.00344. The van der Waals surface area contributed by atoms with Gasteiger partial charge in [-0.2, -0.15) is 11.3 Å². The van der Waals surface area contributed by atoms with Gasteiger partial charge in [-0.1, -0.05) is 24.3 Å². The minimum atomic E-state index is -0.267. The van der Waals surface area contributed by atoms with Crippen LogP contribution in [0.25, 0.3) is 10.8 Å². The van der Waals surface area contributed by atoms with Crippen LogP contribution in [0.2, 0.25) is 0 Å². The first-order valence-electron chi connectivity index (χ1n) is 6.70. The van der Waals surface area contributed by atoms with Crippen molar-refractivity contribution in [1.82, 2.24) is 5.32 Å². The highest BCUT2D eigenvalue weighted by molar-refractivity contribution is 7.07. The molecular formula is C17H15NO2S. The third kappa shape index (κ3) is 2.76. The first kappa shape index (κ1) is 13.6. The zero-order valence-corrected chi connectivity index (χ0v) is 12.4. The van der Waals surface area contributed by atoms with Gasteiger partial charge in [0.2, 0.25) is 0 Å². The largest absolute Gasteiger partial charge is 0.507 e. The van der Waals surface area contributed by atoms with Gasteiger partial charge in [0.15, 0.2) is 0 Å². The Morgan fingerprint density at radius 2 is 1.90 bits per heavy atom. The molecule has 21 heavy (non-hydrogen) atoms. The summed E-state index contributed by atoms with van der Waals surface area (Å²) in [6.07, 6.45) is 0. The standard InChI is InChI=1S/C17H15NO2S/c1-11(14-6-7-21-10-14)18-17(20)15-8-12-4-2-3-5-13(12)9-16(15)19/h2-11,19H,1H3,(H,18,20). The first-order chi connectivity index (χ1) is 10.1. The number of aromatic hydroxyl groups is 1. The number of rotatable bonds is 3. The summed E-state index contributed by atoms with van der Waals surface area (Å²) in [5, 5.41) is 18.8. The smallest absolute Gasteiger partial charge is 0.255 e. The predicted molar refractivity (Wildman–Crippen MR) is 85.8 cm³/mol. The molecule has 0 fully saturated rings. The van der Waals surface area contributed by atoms with Crippen LogP contribution in [0, 0.1) is 0 Å². The molecule has 0 aliphatic heterocycles. The van der Waals surface area contributed by atoms with Gasteiger partial charge in [-0.05, 0) is 52.2 Å². The number of carbonyl (C=O) groups excluding carboxylic acids is 1. The number of carbonyl (C=O) groups is 1. The highest BCUT2D eigenvalue weighted by atomic mass is 32.1. The molecule has 3 aromatic rings. The number of amides is 1. The normalized spacial score (nSPS) is 12.2.